The van der Waals surface area contributed by atoms with Crippen LogP contribution in [-0.4, -0.2) is 24.1 Å². The maximum Gasteiger partial charge on any atom is 0.282 e. The molecule has 0 saturated heterocycles. The molecule has 1 aromatic carbocycles. The van der Waals surface area contributed by atoms with E-state index in [0.717, 1.165) is 52.4 Å². The molecule has 0 spiro atoms. The number of nitrogens with one attached hydrogen (secondary N) is 1. The van der Waals surface area contributed by atoms with Crippen LogP contribution >= 0.6 is 11.3 Å². The summed E-state index contributed by atoms with van der Waals surface area (Å²) < 4.78 is 3.39. The summed E-state index contributed by atoms with van der Waals surface area (Å²) in [7, 11) is 0. The number of nitrogens with zero attached hydrogens (tertiary/aromatic N) is 5. The Morgan fingerprint density at radius 2 is 1.91 bits per heavy atom. The van der Waals surface area contributed by atoms with Gasteiger partial charge in [-0.2, -0.15) is 5.10 Å². The minimum absolute atomic E-state index is 0.0878. The highest BCUT2D eigenvalue weighted by Gasteiger charge is 2.21. The Bertz CT molecular complexity index is 1530. The number of anilines is 1. The SMILES string of the molecule is CCCCc1nc(NC(C)c2nn3ccc(C)c3c(=O)n2-c2ccccc2)c2cc(C)sc2n1. The van der Waals surface area contributed by atoms with Crippen molar-refractivity contribution in [3.8, 4) is 5.69 Å². The summed E-state index contributed by atoms with van der Waals surface area (Å²) >= 11 is 1.68. The molecule has 5 rings (SSSR count). The van der Waals surface area contributed by atoms with E-state index in [1.165, 1.54) is 4.88 Å². The van der Waals surface area contributed by atoms with Gasteiger partial charge in [0.1, 0.15) is 22.0 Å². The van der Waals surface area contributed by atoms with Crippen LogP contribution in [0.4, 0.5) is 5.82 Å². The fourth-order valence-corrected chi connectivity index (χ4v) is 5.15. The summed E-state index contributed by atoms with van der Waals surface area (Å²) in [5, 5.41) is 9.42. The molecule has 34 heavy (non-hydrogen) atoms. The van der Waals surface area contributed by atoms with Gasteiger partial charge in [0.2, 0.25) is 0 Å². The third-order valence-electron chi connectivity index (χ3n) is 5.98. The van der Waals surface area contributed by atoms with E-state index in [0.29, 0.717) is 11.3 Å². The quantitative estimate of drug-likeness (QED) is 0.333. The zero-order valence-electron chi connectivity index (χ0n) is 19.9. The van der Waals surface area contributed by atoms with Gasteiger partial charge in [0.15, 0.2) is 5.82 Å². The molecule has 4 heterocycles. The maximum atomic E-state index is 13.6. The topological polar surface area (TPSA) is 77.1 Å². The average molecular weight is 473 g/mol. The molecule has 4 aromatic heterocycles. The van der Waals surface area contributed by atoms with E-state index in [2.05, 4.69) is 25.2 Å². The van der Waals surface area contributed by atoms with Crippen LogP contribution < -0.4 is 10.9 Å². The molecule has 0 radical (unpaired) electrons. The smallest absolute Gasteiger partial charge is 0.282 e. The van der Waals surface area contributed by atoms with E-state index < -0.39 is 0 Å². The number of fused-ring (bicyclic) bond motifs is 2. The monoisotopic (exact) mass is 472 g/mol. The molecule has 1 atom stereocenters. The van der Waals surface area contributed by atoms with Gasteiger partial charge in [0.05, 0.1) is 17.1 Å². The van der Waals surface area contributed by atoms with Crippen molar-refractivity contribution in [3.05, 3.63) is 81.1 Å². The molecular weight excluding hydrogens is 444 g/mol. The molecular formula is C26H28N6OS. The molecule has 1 N–H and O–H groups in total. The largest absolute Gasteiger partial charge is 0.360 e. The van der Waals surface area contributed by atoms with Crippen LogP contribution in [0.1, 0.15) is 54.8 Å². The van der Waals surface area contributed by atoms with E-state index in [9.17, 15) is 4.79 Å². The lowest BCUT2D eigenvalue weighted by molar-refractivity contribution is 0.671. The standard InChI is InChI=1S/C26H28N6OS/c1-5-6-12-21-28-23(20-15-17(3)34-25(20)29-21)27-18(4)24-30-31-14-13-16(2)22(31)26(33)32(24)19-10-8-7-9-11-19/h7-11,13-15,18H,5-6,12H2,1-4H3,(H,27,28,29). The number of unbranched alkanes of at least 4 members (excludes halogenated alkanes) is 1. The number of thiophene rings is 1. The van der Waals surface area contributed by atoms with Gasteiger partial charge >= 0.3 is 0 Å². The van der Waals surface area contributed by atoms with Crippen molar-refractivity contribution in [2.75, 3.05) is 5.32 Å². The average Bonchev–Trinajstić information content (AvgIpc) is 3.40. The van der Waals surface area contributed by atoms with Gasteiger partial charge in [-0.1, -0.05) is 31.5 Å². The van der Waals surface area contributed by atoms with Crippen LogP contribution in [0, 0.1) is 13.8 Å². The van der Waals surface area contributed by atoms with E-state index >= 15 is 0 Å². The molecule has 0 saturated carbocycles. The van der Waals surface area contributed by atoms with E-state index in [1.54, 1.807) is 20.4 Å². The summed E-state index contributed by atoms with van der Waals surface area (Å²) in [6, 6.07) is 13.4. The summed E-state index contributed by atoms with van der Waals surface area (Å²) in [4.78, 5) is 25.5. The highest BCUT2D eigenvalue weighted by atomic mass is 32.1. The second kappa shape index (κ2) is 9.02. The predicted molar refractivity (Wildman–Crippen MR) is 138 cm³/mol. The predicted octanol–water partition coefficient (Wildman–Crippen LogP) is 5.62. The van der Waals surface area contributed by atoms with E-state index in [4.69, 9.17) is 15.1 Å². The molecule has 1 unspecified atom stereocenters. The molecule has 0 amide bonds. The molecule has 174 valence electrons. The number of benzene rings is 1. The number of para-hydroxylation sites is 1. The fourth-order valence-electron chi connectivity index (χ4n) is 4.25. The van der Waals surface area contributed by atoms with Crippen molar-refractivity contribution in [1.82, 2.24) is 24.1 Å². The molecule has 0 fully saturated rings. The Balaban J connectivity index is 1.64. The zero-order chi connectivity index (χ0) is 23.8. The van der Waals surface area contributed by atoms with Gasteiger partial charge in [0.25, 0.3) is 5.56 Å². The normalized spacial score (nSPS) is 12.5. The fraction of sp³-hybridized carbons (Fsp3) is 0.308. The number of aryl methyl sites for hydroxylation is 3. The highest BCUT2D eigenvalue weighted by molar-refractivity contribution is 7.18. The van der Waals surface area contributed by atoms with Crippen LogP contribution in [0.5, 0.6) is 0 Å². The molecule has 0 aliphatic rings. The Morgan fingerprint density at radius 1 is 1.12 bits per heavy atom. The van der Waals surface area contributed by atoms with Gasteiger partial charge in [-0.25, -0.2) is 14.5 Å². The molecule has 0 aliphatic heterocycles. The first kappa shape index (κ1) is 22.3. The van der Waals surface area contributed by atoms with Crippen LogP contribution in [-0.2, 0) is 6.42 Å². The van der Waals surface area contributed by atoms with Crippen molar-refractivity contribution in [3.63, 3.8) is 0 Å². The lowest BCUT2D eigenvalue weighted by atomic mass is 10.2. The van der Waals surface area contributed by atoms with Crippen molar-refractivity contribution < 1.29 is 0 Å². The molecule has 8 heteroatoms. The number of rotatable bonds is 7. The van der Waals surface area contributed by atoms with Crippen molar-refractivity contribution in [2.45, 2.75) is 53.0 Å². The first-order chi connectivity index (χ1) is 16.5. The minimum Gasteiger partial charge on any atom is -0.360 e. The number of hydrogen-bond donors (Lipinski definition) is 1. The summed E-state index contributed by atoms with van der Waals surface area (Å²) in [5.41, 5.74) is 2.19. The van der Waals surface area contributed by atoms with E-state index in [1.807, 2.05) is 56.4 Å². The number of aromatic nitrogens is 5. The Morgan fingerprint density at radius 3 is 2.68 bits per heavy atom. The first-order valence-electron chi connectivity index (χ1n) is 11.7. The highest BCUT2D eigenvalue weighted by Crippen LogP contribution is 2.31. The van der Waals surface area contributed by atoms with Crippen molar-refractivity contribution in [2.24, 2.45) is 0 Å². The Hall–Kier alpha value is -3.52. The first-order valence-corrected chi connectivity index (χ1v) is 12.5. The summed E-state index contributed by atoms with van der Waals surface area (Å²) in [5.74, 6) is 2.24. The van der Waals surface area contributed by atoms with Gasteiger partial charge in [0, 0.05) is 17.5 Å². The summed E-state index contributed by atoms with van der Waals surface area (Å²) in [6.45, 7) is 8.20. The molecule has 0 aliphatic carbocycles. The Labute approximate surface area is 202 Å². The zero-order valence-corrected chi connectivity index (χ0v) is 20.7. The lowest BCUT2D eigenvalue weighted by Gasteiger charge is -2.20. The van der Waals surface area contributed by atoms with Gasteiger partial charge in [-0.15, -0.1) is 11.3 Å². The van der Waals surface area contributed by atoms with Gasteiger partial charge in [-0.3, -0.25) is 9.36 Å². The van der Waals surface area contributed by atoms with Gasteiger partial charge in [-0.05, 0) is 57.0 Å². The van der Waals surface area contributed by atoms with Crippen molar-refractivity contribution >= 4 is 32.9 Å². The van der Waals surface area contributed by atoms with Crippen LogP contribution in [0.25, 0.3) is 21.4 Å². The maximum absolute atomic E-state index is 13.6. The van der Waals surface area contributed by atoms with Gasteiger partial charge < -0.3 is 5.32 Å². The second-order valence-electron chi connectivity index (χ2n) is 8.66. The van der Waals surface area contributed by atoms with Crippen molar-refractivity contribution in [1.29, 1.82) is 0 Å². The van der Waals surface area contributed by atoms with E-state index in [-0.39, 0.29) is 11.6 Å². The third kappa shape index (κ3) is 3.98. The molecule has 5 aromatic rings. The van der Waals surface area contributed by atoms with Crippen LogP contribution in [0.15, 0.2) is 53.5 Å². The third-order valence-corrected chi connectivity index (χ3v) is 6.93. The summed E-state index contributed by atoms with van der Waals surface area (Å²) in [6.07, 6.45) is 4.82. The minimum atomic E-state index is -0.280. The van der Waals surface area contributed by atoms with Crippen LogP contribution in [0.3, 0.4) is 0 Å². The lowest BCUT2D eigenvalue weighted by Crippen LogP contribution is -2.29. The second-order valence-corrected chi connectivity index (χ2v) is 9.89. The van der Waals surface area contributed by atoms with Crippen LogP contribution in [0.2, 0.25) is 0 Å². The Kier molecular flexibility index (Phi) is 5.91. The molecule has 7 nitrogen and oxygen atoms in total. The molecule has 0 bridgehead atoms. The number of hydrogen-bond acceptors (Lipinski definition) is 6.